The van der Waals surface area contributed by atoms with Crippen LogP contribution in [-0.4, -0.2) is 42.0 Å². The third-order valence-corrected chi connectivity index (χ3v) is 3.58. The SMILES string of the molecule is COC(=O)C1CCCN(C(=O)c2cc(Cl)ncc2N)C1. The smallest absolute Gasteiger partial charge is 0.310 e. The molecule has 1 aliphatic heterocycles. The zero-order valence-corrected chi connectivity index (χ0v) is 11.9. The molecule has 1 aromatic heterocycles. The van der Waals surface area contributed by atoms with Crippen LogP contribution >= 0.6 is 11.6 Å². The Bertz CT molecular complexity index is 536. The van der Waals surface area contributed by atoms with Gasteiger partial charge < -0.3 is 15.4 Å². The van der Waals surface area contributed by atoms with Crippen molar-refractivity contribution in [3.8, 4) is 0 Å². The number of esters is 1. The van der Waals surface area contributed by atoms with E-state index in [1.807, 2.05) is 0 Å². The Morgan fingerprint density at radius 1 is 1.55 bits per heavy atom. The lowest BCUT2D eigenvalue weighted by Crippen LogP contribution is -2.42. The molecule has 0 aromatic carbocycles. The molecule has 108 valence electrons. The second-order valence-electron chi connectivity index (χ2n) is 4.71. The van der Waals surface area contributed by atoms with Crippen LogP contribution in [0.4, 0.5) is 5.69 Å². The number of piperidine rings is 1. The van der Waals surface area contributed by atoms with E-state index in [0.29, 0.717) is 18.7 Å². The van der Waals surface area contributed by atoms with Gasteiger partial charge in [-0.05, 0) is 18.9 Å². The summed E-state index contributed by atoms with van der Waals surface area (Å²) < 4.78 is 4.73. The molecule has 0 spiro atoms. The molecule has 2 rings (SSSR count). The van der Waals surface area contributed by atoms with Crippen LogP contribution in [0.3, 0.4) is 0 Å². The predicted molar refractivity (Wildman–Crippen MR) is 74.3 cm³/mol. The van der Waals surface area contributed by atoms with Crippen LogP contribution in [0.25, 0.3) is 0 Å². The molecule has 1 amide bonds. The largest absolute Gasteiger partial charge is 0.469 e. The van der Waals surface area contributed by atoms with Crippen molar-refractivity contribution in [3.05, 3.63) is 23.0 Å². The summed E-state index contributed by atoms with van der Waals surface area (Å²) in [6.45, 7) is 0.927. The van der Waals surface area contributed by atoms with Crippen molar-refractivity contribution in [3.63, 3.8) is 0 Å². The molecule has 7 heteroatoms. The number of nitrogens with two attached hydrogens (primary N) is 1. The van der Waals surface area contributed by atoms with E-state index in [1.165, 1.54) is 19.4 Å². The van der Waals surface area contributed by atoms with Gasteiger partial charge in [-0.15, -0.1) is 0 Å². The summed E-state index contributed by atoms with van der Waals surface area (Å²) in [7, 11) is 1.35. The van der Waals surface area contributed by atoms with Gasteiger partial charge in [-0.1, -0.05) is 11.6 Å². The molecule has 0 radical (unpaired) electrons. The molecule has 1 unspecified atom stereocenters. The van der Waals surface area contributed by atoms with Crippen molar-refractivity contribution in [2.24, 2.45) is 5.92 Å². The van der Waals surface area contributed by atoms with Crippen LogP contribution in [0.2, 0.25) is 5.15 Å². The average Bonchev–Trinajstić information content (AvgIpc) is 2.48. The van der Waals surface area contributed by atoms with E-state index in [1.54, 1.807) is 4.90 Å². The Morgan fingerprint density at radius 3 is 3.00 bits per heavy atom. The van der Waals surface area contributed by atoms with Crippen LogP contribution in [0, 0.1) is 5.92 Å². The van der Waals surface area contributed by atoms with E-state index >= 15 is 0 Å². The van der Waals surface area contributed by atoms with Crippen molar-refractivity contribution < 1.29 is 14.3 Å². The highest BCUT2D eigenvalue weighted by Crippen LogP contribution is 2.22. The topological polar surface area (TPSA) is 85.5 Å². The number of nitrogens with zero attached hydrogens (tertiary/aromatic N) is 2. The Hall–Kier alpha value is -1.82. The number of amides is 1. The lowest BCUT2D eigenvalue weighted by atomic mass is 9.97. The van der Waals surface area contributed by atoms with E-state index < -0.39 is 0 Å². The number of nitrogen functional groups attached to an aromatic ring is 1. The Kier molecular flexibility index (Phi) is 4.44. The number of rotatable bonds is 2. The number of halogens is 1. The monoisotopic (exact) mass is 297 g/mol. The molecule has 0 bridgehead atoms. The first-order valence-corrected chi connectivity index (χ1v) is 6.69. The van der Waals surface area contributed by atoms with E-state index in [0.717, 1.165) is 12.8 Å². The van der Waals surface area contributed by atoms with Crippen molar-refractivity contribution >= 4 is 29.2 Å². The maximum absolute atomic E-state index is 12.4. The van der Waals surface area contributed by atoms with Gasteiger partial charge in [-0.25, -0.2) is 4.98 Å². The standard InChI is InChI=1S/C13H16ClN3O3/c1-20-13(19)8-3-2-4-17(7-8)12(18)9-5-11(14)16-6-10(9)15/h5-6,8H,2-4,7,15H2,1H3. The Balaban J connectivity index is 2.16. The summed E-state index contributed by atoms with van der Waals surface area (Å²) in [6.07, 6.45) is 2.84. The van der Waals surface area contributed by atoms with Crippen molar-refractivity contribution in [2.75, 3.05) is 25.9 Å². The van der Waals surface area contributed by atoms with Gasteiger partial charge in [-0.2, -0.15) is 0 Å². The normalized spacial score (nSPS) is 18.7. The molecule has 2 heterocycles. The van der Waals surface area contributed by atoms with Crippen molar-refractivity contribution in [1.29, 1.82) is 0 Å². The average molecular weight is 298 g/mol. The number of hydrogen-bond donors (Lipinski definition) is 1. The Labute approximate surface area is 121 Å². The summed E-state index contributed by atoms with van der Waals surface area (Å²) in [5.41, 5.74) is 6.35. The first kappa shape index (κ1) is 14.6. The number of ether oxygens (including phenoxy) is 1. The first-order valence-electron chi connectivity index (χ1n) is 6.31. The molecule has 1 aliphatic rings. The van der Waals surface area contributed by atoms with Crippen LogP contribution < -0.4 is 5.73 Å². The zero-order valence-electron chi connectivity index (χ0n) is 11.1. The lowest BCUT2D eigenvalue weighted by molar-refractivity contribution is -0.146. The molecule has 0 aliphatic carbocycles. The fourth-order valence-electron chi connectivity index (χ4n) is 2.32. The molecule has 0 saturated carbocycles. The highest BCUT2D eigenvalue weighted by molar-refractivity contribution is 6.29. The summed E-state index contributed by atoms with van der Waals surface area (Å²) in [6, 6.07) is 1.45. The van der Waals surface area contributed by atoms with Crippen molar-refractivity contribution in [1.82, 2.24) is 9.88 Å². The van der Waals surface area contributed by atoms with E-state index in [2.05, 4.69) is 4.98 Å². The molecular formula is C13H16ClN3O3. The number of hydrogen-bond acceptors (Lipinski definition) is 5. The summed E-state index contributed by atoms with van der Waals surface area (Å²) in [5.74, 6) is -0.806. The molecule has 1 fully saturated rings. The van der Waals surface area contributed by atoms with E-state index in [-0.39, 0.29) is 28.6 Å². The molecule has 2 N–H and O–H groups in total. The number of pyridine rings is 1. The minimum atomic E-state index is -0.289. The number of anilines is 1. The van der Waals surface area contributed by atoms with Gasteiger partial charge in [0.05, 0.1) is 30.5 Å². The summed E-state index contributed by atoms with van der Waals surface area (Å²) in [5, 5.41) is 0.212. The molecule has 1 aromatic rings. The van der Waals surface area contributed by atoms with E-state index in [4.69, 9.17) is 22.1 Å². The highest BCUT2D eigenvalue weighted by atomic mass is 35.5. The van der Waals surface area contributed by atoms with Gasteiger partial charge in [0.1, 0.15) is 5.15 Å². The number of aromatic nitrogens is 1. The van der Waals surface area contributed by atoms with Gasteiger partial charge in [0.25, 0.3) is 5.91 Å². The maximum Gasteiger partial charge on any atom is 0.310 e. The molecule has 1 atom stereocenters. The number of carbonyl (C=O) groups is 2. The van der Waals surface area contributed by atoms with Gasteiger partial charge in [0, 0.05) is 13.1 Å². The molecular weight excluding hydrogens is 282 g/mol. The second kappa shape index (κ2) is 6.09. The fourth-order valence-corrected chi connectivity index (χ4v) is 2.47. The van der Waals surface area contributed by atoms with Gasteiger partial charge >= 0.3 is 5.97 Å². The van der Waals surface area contributed by atoms with Gasteiger partial charge in [-0.3, -0.25) is 9.59 Å². The summed E-state index contributed by atoms with van der Waals surface area (Å²) >= 11 is 5.79. The maximum atomic E-state index is 12.4. The van der Waals surface area contributed by atoms with Gasteiger partial charge in [0.2, 0.25) is 0 Å². The number of carbonyl (C=O) groups excluding carboxylic acids is 2. The molecule has 20 heavy (non-hydrogen) atoms. The molecule has 6 nitrogen and oxygen atoms in total. The lowest BCUT2D eigenvalue weighted by Gasteiger charge is -2.31. The van der Waals surface area contributed by atoms with Crippen LogP contribution in [0.15, 0.2) is 12.3 Å². The Morgan fingerprint density at radius 2 is 2.30 bits per heavy atom. The summed E-state index contributed by atoms with van der Waals surface area (Å²) in [4.78, 5) is 29.4. The van der Waals surface area contributed by atoms with Gasteiger partial charge in [0.15, 0.2) is 0 Å². The van der Waals surface area contributed by atoms with Crippen LogP contribution in [0.1, 0.15) is 23.2 Å². The third kappa shape index (κ3) is 3.01. The minimum absolute atomic E-state index is 0.212. The second-order valence-corrected chi connectivity index (χ2v) is 5.10. The van der Waals surface area contributed by atoms with E-state index in [9.17, 15) is 9.59 Å². The molecule has 1 saturated heterocycles. The number of methoxy groups -OCH3 is 1. The quantitative estimate of drug-likeness (QED) is 0.658. The van der Waals surface area contributed by atoms with Crippen molar-refractivity contribution in [2.45, 2.75) is 12.8 Å². The zero-order chi connectivity index (χ0) is 14.7. The van der Waals surface area contributed by atoms with Crippen LogP contribution in [0.5, 0.6) is 0 Å². The first-order chi connectivity index (χ1) is 9.52. The number of likely N-dealkylation sites (tertiary alicyclic amines) is 1. The fraction of sp³-hybridized carbons (Fsp3) is 0.462. The minimum Gasteiger partial charge on any atom is -0.469 e. The van der Waals surface area contributed by atoms with Crippen LogP contribution in [-0.2, 0) is 9.53 Å². The third-order valence-electron chi connectivity index (χ3n) is 3.37. The highest BCUT2D eigenvalue weighted by Gasteiger charge is 2.30. The predicted octanol–water partition coefficient (Wildman–Crippen LogP) is 1.34.